The molecule has 0 radical (unpaired) electrons. The summed E-state index contributed by atoms with van der Waals surface area (Å²) >= 11 is 0. The fourth-order valence-electron chi connectivity index (χ4n) is 5.34. The topological polar surface area (TPSA) is 66.6 Å². The fraction of sp³-hybridized carbons (Fsp3) is 0.391. The molecular formula is C23H24N2O3. The Bertz CT molecular complexity index is 1030. The van der Waals surface area contributed by atoms with Crippen LogP contribution in [-0.4, -0.2) is 39.6 Å². The van der Waals surface area contributed by atoms with E-state index in [-0.39, 0.29) is 30.0 Å². The van der Waals surface area contributed by atoms with Gasteiger partial charge < -0.3 is 14.4 Å². The van der Waals surface area contributed by atoms with Crippen LogP contribution >= 0.6 is 0 Å². The summed E-state index contributed by atoms with van der Waals surface area (Å²) in [5.41, 5.74) is 3.01. The van der Waals surface area contributed by atoms with E-state index < -0.39 is 0 Å². The number of hydrogen-bond donors (Lipinski definition) is 1. The highest BCUT2D eigenvalue weighted by Crippen LogP contribution is 2.51. The van der Waals surface area contributed by atoms with E-state index in [2.05, 4.69) is 17.1 Å². The minimum Gasteiger partial charge on any atom is -0.441 e. The van der Waals surface area contributed by atoms with E-state index in [0.717, 1.165) is 31.2 Å². The third kappa shape index (κ3) is 2.65. The molecule has 144 valence electrons. The Hall–Kier alpha value is -2.66. The van der Waals surface area contributed by atoms with Gasteiger partial charge in [0.05, 0.1) is 6.61 Å². The average Bonchev–Trinajstić information content (AvgIpc) is 3.37. The number of carbonyl (C=O) groups is 1. The van der Waals surface area contributed by atoms with Gasteiger partial charge in [-0.15, -0.1) is 0 Å². The van der Waals surface area contributed by atoms with Crippen LogP contribution in [0.1, 0.15) is 41.1 Å². The zero-order chi connectivity index (χ0) is 19.3. The molecular weight excluding hydrogens is 352 g/mol. The van der Waals surface area contributed by atoms with Gasteiger partial charge in [0.15, 0.2) is 11.5 Å². The van der Waals surface area contributed by atoms with E-state index in [9.17, 15) is 9.90 Å². The number of nitrogens with zero attached hydrogens (tertiary/aromatic N) is 2. The number of aromatic nitrogens is 1. The number of oxazole rings is 1. The molecule has 5 heteroatoms. The first kappa shape index (κ1) is 17.4. The van der Waals surface area contributed by atoms with Crippen LogP contribution in [0.2, 0.25) is 0 Å². The highest BCUT2D eigenvalue weighted by atomic mass is 16.3. The van der Waals surface area contributed by atoms with Crippen LogP contribution in [-0.2, 0) is 6.42 Å². The van der Waals surface area contributed by atoms with Gasteiger partial charge in [0.2, 0.25) is 0 Å². The van der Waals surface area contributed by atoms with Gasteiger partial charge in [0.25, 0.3) is 5.91 Å². The number of aryl methyl sites for hydroxylation is 1. The molecule has 2 fully saturated rings. The molecule has 1 N–H and O–H groups in total. The van der Waals surface area contributed by atoms with Crippen LogP contribution < -0.4 is 0 Å². The Morgan fingerprint density at radius 1 is 1.25 bits per heavy atom. The van der Waals surface area contributed by atoms with Crippen molar-refractivity contribution in [3.8, 4) is 0 Å². The smallest absolute Gasteiger partial charge is 0.254 e. The van der Waals surface area contributed by atoms with E-state index in [1.54, 1.807) is 13.0 Å². The first-order chi connectivity index (χ1) is 13.6. The predicted molar refractivity (Wildman–Crippen MR) is 106 cm³/mol. The number of amides is 1. The van der Waals surface area contributed by atoms with E-state index >= 15 is 0 Å². The lowest BCUT2D eigenvalue weighted by molar-refractivity contribution is 0.0571. The fourth-order valence-corrected chi connectivity index (χ4v) is 5.34. The van der Waals surface area contributed by atoms with E-state index in [0.29, 0.717) is 17.0 Å². The Kier molecular flexibility index (Phi) is 4.02. The lowest BCUT2D eigenvalue weighted by atomic mass is 9.70. The molecule has 28 heavy (non-hydrogen) atoms. The molecule has 2 bridgehead atoms. The van der Waals surface area contributed by atoms with Gasteiger partial charge in [-0.2, -0.15) is 0 Å². The van der Waals surface area contributed by atoms with Gasteiger partial charge in [-0.3, -0.25) is 4.79 Å². The van der Waals surface area contributed by atoms with Crippen LogP contribution in [0.15, 0.2) is 52.9 Å². The summed E-state index contributed by atoms with van der Waals surface area (Å²) in [6, 6.07) is 16.0. The van der Waals surface area contributed by atoms with Crippen LogP contribution in [0, 0.1) is 12.3 Å². The minimum absolute atomic E-state index is 0.0341. The molecule has 5 nitrogen and oxygen atoms in total. The maximum atomic E-state index is 13.4. The Balaban J connectivity index is 1.46. The summed E-state index contributed by atoms with van der Waals surface area (Å²) in [6.07, 6.45) is 3.62. The van der Waals surface area contributed by atoms with Gasteiger partial charge in [0, 0.05) is 30.0 Å². The molecule has 3 heterocycles. The summed E-state index contributed by atoms with van der Waals surface area (Å²) in [7, 11) is 0. The van der Waals surface area contributed by atoms with E-state index in [4.69, 9.17) is 4.42 Å². The maximum absolute atomic E-state index is 13.4. The number of fused-ring (bicyclic) bond motifs is 3. The zero-order valence-corrected chi connectivity index (χ0v) is 16.0. The number of rotatable bonds is 4. The zero-order valence-electron chi connectivity index (χ0n) is 16.0. The Morgan fingerprint density at radius 3 is 2.86 bits per heavy atom. The van der Waals surface area contributed by atoms with Crippen LogP contribution in [0.25, 0.3) is 11.1 Å². The molecule has 0 aliphatic carbocycles. The third-order valence-corrected chi connectivity index (χ3v) is 6.54. The number of benzene rings is 2. The van der Waals surface area contributed by atoms with Gasteiger partial charge >= 0.3 is 0 Å². The van der Waals surface area contributed by atoms with Gasteiger partial charge in [-0.1, -0.05) is 30.3 Å². The molecule has 0 saturated carbocycles. The normalized spacial score (nSPS) is 26.3. The van der Waals surface area contributed by atoms with E-state index in [1.165, 1.54) is 5.56 Å². The molecule has 3 aromatic rings. The molecule has 2 aromatic carbocycles. The first-order valence-electron chi connectivity index (χ1n) is 9.94. The second-order valence-corrected chi connectivity index (χ2v) is 8.26. The van der Waals surface area contributed by atoms with Crippen LogP contribution in [0.5, 0.6) is 0 Å². The lowest BCUT2D eigenvalue weighted by Gasteiger charge is -2.36. The van der Waals surface area contributed by atoms with Crippen molar-refractivity contribution in [2.45, 2.75) is 44.7 Å². The van der Waals surface area contributed by atoms with Crippen molar-refractivity contribution in [1.29, 1.82) is 0 Å². The SMILES string of the molecule is Cc1nc2ccc(C(=O)N3[C@@H]4CC[C@H]3[C@](CO)(Cc3ccccc3)C4)cc2o1. The maximum Gasteiger partial charge on any atom is 0.254 e. The molecule has 0 unspecified atom stereocenters. The monoisotopic (exact) mass is 376 g/mol. The standard InChI is InChI=1S/C23H24N2O3/c1-15-24-19-9-7-17(11-20(19)28-15)22(27)25-18-8-10-21(25)23(13-18,14-26)12-16-5-3-2-4-6-16/h2-7,9,11,18,21,26H,8,10,12-14H2,1H3/t18-,21+,23-/m1/s1. The van der Waals surface area contributed by atoms with Crippen molar-refractivity contribution < 1.29 is 14.3 Å². The molecule has 1 aromatic heterocycles. The summed E-state index contributed by atoms with van der Waals surface area (Å²) < 4.78 is 5.61. The number of aliphatic hydroxyl groups excluding tert-OH is 1. The molecule has 2 aliphatic heterocycles. The van der Waals surface area contributed by atoms with Crippen molar-refractivity contribution in [1.82, 2.24) is 9.88 Å². The summed E-state index contributed by atoms with van der Waals surface area (Å²) in [5, 5.41) is 10.4. The van der Waals surface area contributed by atoms with Crippen molar-refractivity contribution in [2.75, 3.05) is 6.61 Å². The van der Waals surface area contributed by atoms with E-state index in [1.807, 2.05) is 35.2 Å². The van der Waals surface area contributed by atoms with Gasteiger partial charge in [-0.05, 0) is 49.4 Å². The second-order valence-electron chi connectivity index (χ2n) is 8.26. The van der Waals surface area contributed by atoms with Crippen molar-refractivity contribution in [2.24, 2.45) is 5.41 Å². The molecule has 2 aliphatic rings. The highest BCUT2D eigenvalue weighted by molar-refractivity contribution is 5.97. The molecule has 2 saturated heterocycles. The summed E-state index contributed by atoms with van der Waals surface area (Å²) in [4.78, 5) is 19.7. The first-order valence-corrected chi connectivity index (χ1v) is 9.94. The average molecular weight is 376 g/mol. The predicted octanol–water partition coefficient (Wildman–Crippen LogP) is 3.73. The van der Waals surface area contributed by atoms with Crippen LogP contribution in [0.3, 0.4) is 0 Å². The molecule has 0 spiro atoms. The number of carbonyl (C=O) groups excluding carboxylic acids is 1. The second kappa shape index (κ2) is 6.45. The lowest BCUT2D eigenvalue weighted by Crippen LogP contribution is -2.43. The Labute approximate surface area is 164 Å². The van der Waals surface area contributed by atoms with Gasteiger partial charge in [-0.25, -0.2) is 4.98 Å². The third-order valence-electron chi connectivity index (χ3n) is 6.54. The summed E-state index contributed by atoms with van der Waals surface area (Å²) in [6.45, 7) is 1.91. The largest absolute Gasteiger partial charge is 0.441 e. The molecule has 5 rings (SSSR count). The Morgan fingerprint density at radius 2 is 2.07 bits per heavy atom. The molecule has 1 amide bonds. The van der Waals surface area contributed by atoms with Crippen LogP contribution in [0.4, 0.5) is 0 Å². The van der Waals surface area contributed by atoms with Crippen molar-refractivity contribution >= 4 is 17.0 Å². The van der Waals surface area contributed by atoms with Gasteiger partial charge in [0.1, 0.15) is 5.52 Å². The minimum atomic E-state index is -0.257. The van der Waals surface area contributed by atoms with Crippen molar-refractivity contribution in [3.05, 3.63) is 65.5 Å². The quantitative estimate of drug-likeness (QED) is 0.753. The highest BCUT2D eigenvalue weighted by Gasteiger charge is 2.57. The molecule has 3 atom stereocenters. The number of hydrogen-bond acceptors (Lipinski definition) is 4. The van der Waals surface area contributed by atoms with Crippen molar-refractivity contribution in [3.63, 3.8) is 0 Å². The number of aliphatic hydroxyl groups is 1. The summed E-state index contributed by atoms with van der Waals surface area (Å²) in [5.74, 6) is 0.634.